The maximum absolute atomic E-state index is 11.7. The Morgan fingerprint density at radius 2 is 1.82 bits per heavy atom. The summed E-state index contributed by atoms with van der Waals surface area (Å²) in [6.45, 7) is 1.90. The normalized spacial score (nSPS) is 12.4. The molecule has 0 spiro atoms. The first-order valence-corrected chi connectivity index (χ1v) is 10.7. The van der Waals surface area contributed by atoms with E-state index in [1.807, 2.05) is 49.4 Å². The van der Waals surface area contributed by atoms with Crippen molar-refractivity contribution in [3.05, 3.63) is 77.6 Å². The summed E-state index contributed by atoms with van der Waals surface area (Å²) in [4.78, 5) is 20.0. The lowest BCUT2D eigenvalue weighted by Crippen LogP contribution is -2.09. The van der Waals surface area contributed by atoms with Crippen molar-refractivity contribution in [2.24, 2.45) is 0 Å². The first-order valence-electron chi connectivity index (χ1n) is 8.78. The Labute approximate surface area is 164 Å². The Kier molecular flexibility index (Phi) is 5.84. The second-order valence-electron chi connectivity index (χ2n) is 6.54. The Bertz CT molecular complexity index is 1070. The number of aldehydes is 1. The smallest absolute Gasteiger partial charge is 0.192 e. The highest BCUT2D eigenvalue weighted by Crippen LogP contribution is 2.33. The van der Waals surface area contributed by atoms with Gasteiger partial charge in [-0.25, -0.2) is 18.4 Å². The van der Waals surface area contributed by atoms with Crippen molar-refractivity contribution in [2.45, 2.75) is 24.3 Å². The number of para-hydroxylation sites is 1. The third-order valence-electron chi connectivity index (χ3n) is 4.35. The SMILES string of the molecule is Cc1ccc(C(CC=O)c2ccc(S(C)(=O)=O)nc2)c(Nc2ccccc2)n1. The minimum absolute atomic E-state index is 0.00534. The number of aromatic nitrogens is 2. The first kappa shape index (κ1) is 19.7. The van der Waals surface area contributed by atoms with Gasteiger partial charge in [0.15, 0.2) is 14.9 Å². The zero-order valence-corrected chi connectivity index (χ0v) is 16.5. The highest BCUT2D eigenvalue weighted by atomic mass is 32.2. The van der Waals surface area contributed by atoms with Gasteiger partial charge in [0.05, 0.1) is 0 Å². The van der Waals surface area contributed by atoms with Gasteiger partial charge in [-0.15, -0.1) is 0 Å². The zero-order chi connectivity index (χ0) is 20.1. The van der Waals surface area contributed by atoms with Crippen LogP contribution in [-0.4, -0.2) is 30.9 Å². The highest BCUT2D eigenvalue weighted by molar-refractivity contribution is 7.90. The molecule has 144 valence electrons. The standard InChI is InChI=1S/C21H21N3O3S/c1-15-8-10-19(21(23-15)24-17-6-4-3-5-7-17)18(12-13-25)16-9-11-20(22-14-16)28(2,26)27/h3-11,13-14,18H,12H2,1-2H3,(H,23,24). The van der Waals surface area contributed by atoms with Gasteiger partial charge in [0.1, 0.15) is 12.1 Å². The number of hydrogen-bond donors (Lipinski definition) is 1. The molecule has 3 aromatic rings. The summed E-state index contributed by atoms with van der Waals surface area (Å²) in [6, 6.07) is 16.6. The van der Waals surface area contributed by atoms with E-state index in [0.29, 0.717) is 5.82 Å². The largest absolute Gasteiger partial charge is 0.340 e. The predicted octanol–water partition coefficient (Wildman–Crippen LogP) is 3.65. The summed E-state index contributed by atoms with van der Waals surface area (Å²) in [5.41, 5.74) is 3.33. The van der Waals surface area contributed by atoms with Crippen molar-refractivity contribution >= 4 is 27.6 Å². The third-order valence-corrected chi connectivity index (χ3v) is 5.35. The number of rotatable bonds is 7. The quantitative estimate of drug-likeness (QED) is 0.614. The van der Waals surface area contributed by atoms with E-state index in [1.165, 1.54) is 12.3 Å². The molecule has 0 saturated heterocycles. The van der Waals surface area contributed by atoms with E-state index in [9.17, 15) is 13.2 Å². The molecule has 28 heavy (non-hydrogen) atoms. The van der Waals surface area contributed by atoms with E-state index in [1.54, 1.807) is 6.07 Å². The number of benzene rings is 1. The molecule has 6 nitrogen and oxygen atoms in total. The minimum atomic E-state index is -3.38. The van der Waals surface area contributed by atoms with Crippen LogP contribution in [0.5, 0.6) is 0 Å². The number of carbonyl (C=O) groups excluding carboxylic acids is 1. The summed E-state index contributed by atoms with van der Waals surface area (Å²) in [6.07, 6.45) is 3.70. The van der Waals surface area contributed by atoms with E-state index in [0.717, 1.165) is 35.1 Å². The predicted molar refractivity (Wildman–Crippen MR) is 109 cm³/mol. The summed E-state index contributed by atoms with van der Waals surface area (Å²) in [5, 5.41) is 3.32. The van der Waals surface area contributed by atoms with Crippen molar-refractivity contribution in [3.8, 4) is 0 Å². The number of sulfone groups is 1. The van der Waals surface area contributed by atoms with Gasteiger partial charge in [0.25, 0.3) is 0 Å². The second kappa shape index (κ2) is 8.31. The summed E-state index contributed by atoms with van der Waals surface area (Å²) in [7, 11) is -3.38. The molecule has 3 rings (SSSR count). The zero-order valence-electron chi connectivity index (χ0n) is 15.7. The van der Waals surface area contributed by atoms with Crippen LogP contribution in [-0.2, 0) is 14.6 Å². The van der Waals surface area contributed by atoms with E-state index in [-0.39, 0.29) is 17.4 Å². The summed E-state index contributed by atoms with van der Waals surface area (Å²) >= 11 is 0. The maximum Gasteiger partial charge on any atom is 0.192 e. The molecule has 0 bridgehead atoms. The van der Waals surface area contributed by atoms with Crippen molar-refractivity contribution in [1.29, 1.82) is 0 Å². The molecule has 1 N–H and O–H groups in total. The minimum Gasteiger partial charge on any atom is -0.340 e. The molecular weight excluding hydrogens is 374 g/mol. The van der Waals surface area contributed by atoms with Crippen molar-refractivity contribution in [3.63, 3.8) is 0 Å². The fourth-order valence-corrected chi connectivity index (χ4v) is 3.52. The van der Waals surface area contributed by atoms with Crippen molar-refractivity contribution in [2.75, 3.05) is 11.6 Å². The van der Waals surface area contributed by atoms with Crippen LogP contribution in [0.3, 0.4) is 0 Å². The molecule has 0 aliphatic carbocycles. The number of nitrogens with zero attached hydrogens (tertiary/aromatic N) is 2. The fourth-order valence-electron chi connectivity index (χ4n) is 2.96. The molecule has 1 aromatic carbocycles. The number of pyridine rings is 2. The average Bonchev–Trinajstić information content (AvgIpc) is 2.67. The lowest BCUT2D eigenvalue weighted by atomic mass is 9.90. The van der Waals surface area contributed by atoms with Gasteiger partial charge < -0.3 is 10.1 Å². The van der Waals surface area contributed by atoms with Gasteiger partial charge in [0.2, 0.25) is 0 Å². The van der Waals surface area contributed by atoms with Gasteiger partial charge in [-0.3, -0.25) is 0 Å². The first-order chi connectivity index (χ1) is 13.4. The second-order valence-corrected chi connectivity index (χ2v) is 8.50. The van der Waals surface area contributed by atoms with E-state index >= 15 is 0 Å². The molecule has 0 saturated carbocycles. The lowest BCUT2D eigenvalue weighted by molar-refractivity contribution is -0.108. The van der Waals surface area contributed by atoms with Crippen LogP contribution in [0.25, 0.3) is 0 Å². The molecule has 0 aliphatic heterocycles. The number of carbonyl (C=O) groups is 1. The highest BCUT2D eigenvalue weighted by Gasteiger charge is 2.20. The maximum atomic E-state index is 11.7. The summed E-state index contributed by atoms with van der Waals surface area (Å²) in [5.74, 6) is 0.364. The molecule has 0 aliphatic rings. The van der Waals surface area contributed by atoms with Gasteiger partial charge in [0, 0.05) is 41.7 Å². The molecule has 0 fully saturated rings. The Morgan fingerprint density at radius 3 is 2.43 bits per heavy atom. The van der Waals surface area contributed by atoms with E-state index in [2.05, 4.69) is 15.3 Å². The number of nitrogens with one attached hydrogen (secondary N) is 1. The number of anilines is 2. The third kappa shape index (κ3) is 4.61. The lowest BCUT2D eigenvalue weighted by Gasteiger charge is -2.20. The average molecular weight is 395 g/mol. The molecule has 1 unspecified atom stereocenters. The van der Waals surface area contributed by atoms with Crippen LogP contribution in [0.1, 0.15) is 29.2 Å². The van der Waals surface area contributed by atoms with Crippen LogP contribution < -0.4 is 5.32 Å². The van der Waals surface area contributed by atoms with Crippen LogP contribution in [0.15, 0.2) is 65.8 Å². The molecule has 7 heteroatoms. The van der Waals surface area contributed by atoms with Crippen LogP contribution >= 0.6 is 0 Å². The van der Waals surface area contributed by atoms with Gasteiger partial charge in [-0.1, -0.05) is 30.3 Å². The molecule has 1 atom stereocenters. The van der Waals surface area contributed by atoms with Crippen molar-refractivity contribution in [1.82, 2.24) is 9.97 Å². The number of hydrogen-bond acceptors (Lipinski definition) is 6. The van der Waals surface area contributed by atoms with Crippen LogP contribution in [0.4, 0.5) is 11.5 Å². The Balaban J connectivity index is 2.03. The fraction of sp³-hybridized carbons (Fsp3) is 0.190. The molecule has 2 aromatic heterocycles. The Hall–Kier alpha value is -3.06. The van der Waals surface area contributed by atoms with E-state index < -0.39 is 9.84 Å². The molecule has 0 radical (unpaired) electrons. The van der Waals surface area contributed by atoms with Gasteiger partial charge in [-0.05, 0) is 36.8 Å². The van der Waals surface area contributed by atoms with Gasteiger partial charge in [-0.2, -0.15) is 0 Å². The van der Waals surface area contributed by atoms with E-state index in [4.69, 9.17) is 0 Å². The molecular formula is C21H21N3O3S. The number of aryl methyl sites for hydroxylation is 1. The summed E-state index contributed by atoms with van der Waals surface area (Å²) < 4.78 is 23.3. The van der Waals surface area contributed by atoms with Gasteiger partial charge >= 0.3 is 0 Å². The molecule has 2 heterocycles. The van der Waals surface area contributed by atoms with Crippen LogP contribution in [0, 0.1) is 6.92 Å². The topological polar surface area (TPSA) is 89.0 Å². The Morgan fingerprint density at radius 1 is 1.07 bits per heavy atom. The molecule has 0 amide bonds. The van der Waals surface area contributed by atoms with Crippen molar-refractivity contribution < 1.29 is 13.2 Å². The monoisotopic (exact) mass is 395 g/mol. The van der Waals surface area contributed by atoms with Crippen LogP contribution in [0.2, 0.25) is 0 Å².